The van der Waals surface area contributed by atoms with Gasteiger partial charge in [0.05, 0.1) is 0 Å². The average Bonchev–Trinajstić information content (AvgIpc) is 2.20. The van der Waals surface area contributed by atoms with Gasteiger partial charge in [-0.2, -0.15) is 0 Å². The lowest BCUT2D eigenvalue weighted by molar-refractivity contribution is -0.131. The fourth-order valence-electron chi connectivity index (χ4n) is 3.46. The SMILES string of the molecule is CC(C)C(C)(C)CC(C)(C)CNC(=O)C(C)(C)CC(C)(C)C. The predicted molar refractivity (Wildman–Crippen MR) is 97.9 cm³/mol. The van der Waals surface area contributed by atoms with Crippen LogP contribution in [0.1, 0.15) is 89.0 Å². The van der Waals surface area contributed by atoms with Gasteiger partial charge < -0.3 is 5.32 Å². The minimum Gasteiger partial charge on any atom is -0.355 e. The molecule has 0 atom stereocenters. The molecule has 1 N–H and O–H groups in total. The summed E-state index contributed by atoms with van der Waals surface area (Å²) >= 11 is 0. The van der Waals surface area contributed by atoms with Crippen molar-refractivity contribution in [1.29, 1.82) is 0 Å². The number of hydrogen-bond donors (Lipinski definition) is 1. The molecule has 0 aliphatic carbocycles. The van der Waals surface area contributed by atoms with Gasteiger partial charge in [0.2, 0.25) is 5.91 Å². The molecule has 0 heterocycles. The lowest BCUT2D eigenvalue weighted by atomic mass is 9.69. The van der Waals surface area contributed by atoms with Crippen LogP contribution in [0.4, 0.5) is 0 Å². The Labute approximate surface area is 139 Å². The number of amides is 1. The van der Waals surface area contributed by atoms with Crippen LogP contribution in [0.15, 0.2) is 0 Å². The largest absolute Gasteiger partial charge is 0.355 e. The van der Waals surface area contributed by atoms with E-state index in [9.17, 15) is 4.79 Å². The molecule has 0 aromatic heterocycles. The molecule has 0 saturated heterocycles. The van der Waals surface area contributed by atoms with E-state index < -0.39 is 0 Å². The van der Waals surface area contributed by atoms with Crippen LogP contribution in [0.5, 0.6) is 0 Å². The third-order valence-corrected chi connectivity index (χ3v) is 4.81. The van der Waals surface area contributed by atoms with Crippen LogP contribution in [0.2, 0.25) is 0 Å². The number of rotatable bonds is 7. The highest BCUT2D eigenvalue weighted by atomic mass is 16.2. The van der Waals surface area contributed by atoms with Crippen molar-refractivity contribution < 1.29 is 4.79 Å². The van der Waals surface area contributed by atoms with Gasteiger partial charge >= 0.3 is 0 Å². The van der Waals surface area contributed by atoms with E-state index in [2.05, 4.69) is 81.5 Å². The molecular weight excluding hydrogens is 270 g/mol. The number of nitrogens with one attached hydrogen (secondary N) is 1. The van der Waals surface area contributed by atoms with Crippen molar-refractivity contribution in [3.63, 3.8) is 0 Å². The van der Waals surface area contributed by atoms with E-state index in [0.717, 1.165) is 19.4 Å². The zero-order valence-corrected chi connectivity index (χ0v) is 17.1. The maximum Gasteiger partial charge on any atom is 0.225 e. The van der Waals surface area contributed by atoms with Gasteiger partial charge in [0, 0.05) is 12.0 Å². The minimum absolute atomic E-state index is 0.112. The van der Waals surface area contributed by atoms with Gasteiger partial charge in [-0.1, -0.05) is 76.2 Å². The minimum atomic E-state index is -0.318. The molecule has 0 unspecified atom stereocenters. The van der Waals surface area contributed by atoms with Crippen molar-refractivity contribution in [2.24, 2.45) is 27.6 Å². The van der Waals surface area contributed by atoms with Crippen LogP contribution in [0, 0.1) is 27.6 Å². The van der Waals surface area contributed by atoms with Crippen LogP contribution < -0.4 is 5.32 Å². The second kappa shape index (κ2) is 6.93. The van der Waals surface area contributed by atoms with Crippen molar-refractivity contribution in [2.75, 3.05) is 6.54 Å². The lowest BCUT2D eigenvalue weighted by Crippen LogP contribution is -2.44. The number of hydrogen-bond acceptors (Lipinski definition) is 1. The van der Waals surface area contributed by atoms with Crippen LogP contribution in [-0.4, -0.2) is 12.5 Å². The standard InChI is InChI=1S/C20H41NO/c1-15(2)19(8,9)13-18(6,7)14-21-16(22)20(10,11)12-17(3,4)5/h15H,12-14H2,1-11H3,(H,21,22). The maximum absolute atomic E-state index is 12.6. The van der Waals surface area contributed by atoms with Gasteiger partial charge in [0.25, 0.3) is 0 Å². The van der Waals surface area contributed by atoms with Crippen LogP contribution >= 0.6 is 0 Å². The Kier molecular flexibility index (Phi) is 6.76. The van der Waals surface area contributed by atoms with Gasteiger partial charge in [-0.15, -0.1) is 0 Å². The van der Waals surface area contributed by atoms with Gasteiger partial charge in [0.1, 0.15) is 0 Å². The fraction of sp³-hybridized carbons (Fsp3) is 0.950. The highest BCUT2D eigenvalue weighted by molar-refractivity contribution is 5.81. The summed E-state index contributed by atoms with van der Waals surface area (Å²) in [4.78, 5) is 12.6. The number of carbonyl (C=O) groups excluding carboxylic acids is 1. The molecule has 0 aromatic rings. The quantitative estimate of drug-likeness (QED) is 0.645. The first-order chi connectivity index (χ1) is 9.49. The van der Waals surface area contributed by atoms with Crippen molar-refractivity contribution in [3.05, 3.63) is 0 Å². The average molecular weight is 312 g/mol. The Bertz CT molecular complexity index is 370. The van der Waals surface area contributed by atoms with Gasteiger partial charge in [-0.25, -0.2) is 0 Å². The first kappa shape index (κ1) is 21.5. The van der Waals surface area contributed by atoms with E-state index >= 15 is 0 Å². The molecule has 0 spiro atoms. The Morgan fingerprint density at radius 3 is 1.68 bits per heavy atom. The maximum atomic E-state index is 12.6. The van der Waals surface area contributed by atoms with Crippen LogP contribution in [-0.2, 0) is 4.79 Å². The molecule has 0 bridgehead atoms. The van der Waals surface area contributed by atoms with E-state index in [-0.39, 0.29) is 27.6 Å². The van der Waals surface area contributed by atoms with E-state index in [1.807, 2.05) is 0 Å². The zero-order valence-electron chi connectivity index (χ0n) is 17.1. The summed E-state index contributed by atoms with van der Waals surface area (Å²) in [6.07, 6.45) is 2.00. The van der Waals surface area contributed by atoms with Crippen LogP contribution in [0.25, 0.3) is 0 Å². The fourth-order valence-corrected chi connectivity index (χ4v) is 3.46. The highest BCUT2D eigenvalue weighted by Gasteiger charge is 2.35. The van der Waals surface area contributed by atoms with E-state index in [4.69, 9.17) is 0 Å². The Hall–Kier alpha value is -0.530. The predicted octanol–water partition coefficient (Wildman–Crippen LogP) is 5.66. The van der Waals surface area contributed by atoms with Gasteiger partial charge in [-0.3, -0.25) is 4.79 Å². The first-order valence-electron chi connectivity index (χ1n) is 8.77. The molecule has 0 rings (SSSR count). The Balaban J connectivity index is 4.69. The van der Waals surface area contributed by atoms with Crippen molar-refractivity contribution in [3.8, 4) is 0 Å². The van der Waals surface area contributed by atoms with E-state index in [0.29, 0.717) is 5.92 Å². The summed E-state index contributed by atoms with van der Waals surface area (Å²) < 4.78 is 0. The molecule has 0 saturated carbocycles. The second-order valence-electron chi connectivity index (χ2n) is 10.8. The Morgan fingerprint density at radius 2 is 1.32 bits per heavy atom. The number of carbonyl (C=O) groups is 1. The molecule has 1 amide bonds. The summed E-state index contributed by atoms with van der Waals surface area (Å²) in [5.74, 6) is 0.817. The van der Waals surface area contributed by atoms with Crippen molar-refractivity contribution >= 4 is 5.91 Å². The molecule has 2 nitrogen and oxygen atoms in total. The molecule has 0 fully saturated rings. The topological polar surface area (TPSA) is 29.1 Å². The van der Waals surface area contributed by atoms with Gasteiger partial charge in [-0.05, 0) is 35.0 Å². The Morgan fingerprint density at radius 1 is 0.864 bits per heavy atom. The summed E-state index contributed by atoms with van der Waals surface area (Å²) in [6, 6.07) is 0. The molecule has 0 radical (unpaired) electrons. The monoisotopic (exact) mass is 311 g/mol. The summed E-state index contributed by atoms with van der Waals surface area (Å²) in [5, 5.41) is 3.21. The zero-order chi connectivity index (χ0) is 18.0. The molecule has 2 heteroatoms. The third kappa shape index (κ3) is 7.65. The lowest BCUT2D eigenvalue weighted by Gasteiger charge is -2.39. The third-order valence-electron chi connectivity index (χ3n) is 4.81. The van der Waals surface area contributed by atoms with Crippen molar-refractivity contribution in [1.82, 2.24) is 5.32 Å². The summed E-state index contributed by atoms with van der Waals surface area (Å²) in [6.45, 7) is 25.2. The molecule has 132 valence electrons. The van der Waals surface area contributed by atoms with E-state index in [1.165, 1.54) is 0 Å². The normalized spacial score (nSPS) is 14.4. The van der Waals surface area contributed by atoms with Crippen molar-refractivity contribution in [2.45, 2.75) is 89.0 Å². The molecule has 0 aliphatic rings. The first-order valence-corrected chi connectivity index (χ1v) is 8.77. The molecule has 0 aliphatic heterocycles. The second-order valence-corrected chi connectivity index (χ2v) is 10.8. The molecule has 0 aromatic carbocycles. The highest BCUT2D eigenvalue weighted by Crippen LogP contribution is 2.39. The van der Waals surface area contributed by atoms with Crippen LogP contribution in [0.3, 0.4) is 0 Å². The van der Waals surface area contributed by atoms with Gasteiger partial charge in [0.15, 0.2) is 0 Å². The smallest absolute Gasteiger partial charge is 0.225 e. The molecular formula is C20H41NO. The summed E-state index contributed by atoms with van der Waals surface area (Å²) in [7, 11) is 0. The molecule has 22 heavy (non-hydrogen) atoms. The summed E-state index contributed by atoms with van der Waals surface area (Å²) in [5.41, 5.74) is 0.244. The van der Waals surface area contributed by atoms with E-state index in [1.54, 1.807) is 0 Å².